The maximum absolute atomic E-state index is 14.0. The second-order valence-corrected chi connectivity index (χ2v) is 6.75. The van der Waals surface area contributed by atoms with Gasteiger partial charge in [0.15, 0.2) is 0 Å². The zero-order valence-corrected chi connectivity index (χ0v) is 13.4. The molecule has 0 unspecified atom stereocenters. The predicted octanol–water partition coefficient (Wildman–Crippen LogP) is 5.61. The summed E-state index contributed by atoms with van der Waals surface area (Å²) in [5.74, 6) is -3.46. The maximum Gasteiger partial charge on any atom is 0.400 e. The van der Waals surface area contributed by atoms with Crippen LogP contribution in [-0.2, 0) is 10.8 Å². The first-order valence-electron chi connectivity index (χ1n) is 5.98. The molecule has 0 amide bonds. The van der Waals surface area contributed by atoms with Gasteiger partial charge in [0.25, 0.3) is 0 Å². The maximum atomic E-state index is 14.0. The number of benzene rings is 2. The Morgan fingerprint density at radius 1 is 0.957 bits per heavy atom. The van der Waals surface area contributed by atoms with E-state index in [0.717, 1.165) is 12.1 Å². The molecule has 1 atom stereocenters. The molecule has 2 aromatic carbocycles. The molecule has 124 valence electrons. The van der Waals surface area contributed by atoms with E-state index in [1.165, 1.54) is 12.1 Å². The third-order valence-electron chi connectivity index (χ3n) is 2.78. The molecule has 0 saturated heterocycles. The standard InChI is InChI=1S/C14H7Cl2F5OS/c15-7-1-2-8(11(17)3-7)9-4-13(10(16)5-12(9)18)23(22)6-14(19,20)21/h1-5H,6H2/t23-/m0/s1. The Balaban J connectivity index is 2.54. The summed E-state index contributed by atoms with van der Waals surface area (Å²) in [5.41, 5.74) is -0.581. The largest absolute Gasteiger partial charge is 0.400 e. The number of halogens is 7. The topological polar surface area (TPSA) is 17.1 Å². The summed E-state index contributed by atoms with van der Waals surface area (Å²) in [5, 5.41) is -0.357. The molecule has 0 bridgehead atoms. The van der Waals surface area contributed by atoms with Crippen LogP contribution in [0.3, 0.4) is 0 Å². The van der Waals surface area contributed by atoms with E-state index in [4.69, 9.17) is 23.2 Å². The van der Waals surface area contributed by atoms with Crippen molar-refractivity contribution in [1.29, 1.82) is 0 Å². The van der Waals surface area contributed by atoms with E-state index in [1.54, 1.807) is 0 Å². The molecule has 2 aromatic rings. The first kappa shape index (κ1) is 18.2. The highest BCUT2D eigenvalue weighted by atomic mass is 35.5. The van der Waals surface area contributed by atoms with Crippen LogP contribution in [-0.4, -0.2) is 16.1 Å². The molecule has 9 heteroatoms. The minimum atomic E-state index is -4.69. The van der Waals surface area contributed by atoms with Gasteiger partial charge >= 0.3 is 6.18 Å². The van der Waals surface area contributed by atoms with Crippen LogP contribution in [0.4, 0.5) is 22.0 Å². The molecule has 0 fully saturated rings. The summed E-state index contributed by atoms with van der Waals surface area (Å²) in [4.78, 5) is -0.422. The molecule has 0 aliphatic carbocycles. The van der Waals surface area contributed by atoms with E-state index in [9.17, 15) is 26.2 Å². The molecule has 0 heterocycles. The second-order valence-electron chi connectivity index (χ2n) is 4.49. The van der Waals surface area contributed by atoms with Crippen molar-refractivity contribution in [3.63, 3.8) is 0 Å². The normalized spacial score (nSPS) is 13.2. The lowest BCUT2D eigenvalue weighted by Gasteiger charge is -2.11. The Bertz CT molecular complexity index is 776. The van der Waals surface area contributed by atoms with Crippen molar-refractivity contribution in [2.75, 3.05) is 5.75 Å². The van der Waals surface area contributed by atoms with Crippen molar-refractivity contribution in [3.05, 3.63) is 52.0 Å². The van der Waals surface area contributed by atoms with Gasteiger partial charge in [0.05, 0.1) is 20.7 Å². The third-order valence-corrected chi connectivity index (χ3v) is 4.86. The highest BCUT2D eigenvalue weighted by molar-refractivity contribution is 7.85. The Morgan fingerprint density at radius 3 is 2.13 bits per heavy atom. The summed E-state index contributed by atoms with van der Waals surface area (Å²) in [6, 6.07) is 4.94. The second kappa shape index (κ2) is 6.75. The summed E-state index contributed by atoms with van der Waals surface area (Å²) in [7, 11) is -2.54. The fraction of sp³-hybridized carbons (Fsp3) is 0.143. The number of hydrogen-bond acceptors (Lipinski definition) is 1. The molecule has 0 aliphatic heterocycles. The average Bonchev–Trinajstić information content (AvgIpc) is 2.37. The van der Waals surface area contributed by atoms with Gasteiger partial charge in [0, 0.05) is 16.1 Å². The predicted molar refractivity (Wildman–Crippen MR) is 79.1 cm³/mol. The van der Waals surface area contributed by atoms with E-state index in [1.807, 2.05) is 0 Å². The van der Waals surface area contributed by atoms with E-state index >= 15 is 0 Å². The Morgan fingerprint density at radius 2 is 1.57 bits per heavy atom. The molecule has 23 heavy (non-hydrogen) atoms. The fourth-order valence-corrected chi connectivity index (χ4v) is 3.39. The highest BCUT2D eigenvalue weighted by Crippen LogP contribution is 2.33. The molecule has 0 saturated carbocycles. The van der Waals surface area contributed by atoms with Crippen molar-refractivity contribution in [2.24, 2.45) is 0 Å². The van der Waals surface area contributed by atoms with Gasteiger partial charge in [-0.2, -0.15) is 13.2 Å². The van der Waals surface area contributed by atoms with E-state index < -0.39 is 44.3 Å². The van der Waals surface area contributed by atoms with Gasteiger partial charge in [-0.05, 0) is 30.3 Å². The van der Waals surface area contributed by atoms with E-state index in [-0.39, 0.29) is 16.1 Å². The van der Waals surface area contributed by atoms with Crippen molar-refractivity contribution >= 4 is 34.0 Å². The number of hydrogen-bond donors (Lipinski definition) is 0. The van der Waals surface area contributed by atoms with Gasteiger partial charge in [-0.15, -0.1) is 0 Å². The van der Waals surface area contributed by atoms with Crippen molar-refractivity contribution in [2.45, 2.75) is 11.1 Å². The van der Waals surface area contributed by atoms with Crippen LogP contribution in [0.25, 0.3) is 11.1 Å². The quantitative estimate of drug-likeness (QED) is 0.624. The van der Waals surface area contributed by atoms with Crippen LogP contribution in [0.1, 0.15) is 0 Å². The monoisotopic (exact) mass is 388 g/mol. The minimum Gasteiger partial charge on any atom is -0.254 e. The Kier molecular flexibility index (Phi) is 5.33. The first-order chi connectivity index (χ1) is 10.6. The zero-order valence-electron chi connectivity index (χ0n) is 11.1. The van der Waals surface area contributed by atoms with E-state index in [0.29, 0.717) is 6.07 Å². The molecule has 0 spiro atoms. The third kappa shape index (κ3) is 4.43. The molecular weight excluding hydrogens is 382 g/mol. The first-order valence-corrected chi connectivity index (χ1v) is 8.05. The lowest BCUT2D eigenvalue weighted by Crippen LogP contribution is -2.18. The molecule has 2 rings (SSSR count). The molecule has 0 aromatic heterocycles. The van der Waals surface area contributed by atoms with Crippen LogP contribution in [0.5, 0.6) is 0 Å². The van der Waals surface area contributed by atoms with Crippen LogP contribution in [0, 0.1) is 11.6 Å². The fourth-order valence-electron chi connectivity index (χ4n) is 1.84. The van der Waals surface area contributed by atoms with Crippen molar-refractivity contribution in [1.82, 2.24) is 0 Å². The number of rotatable bonds is 3. The molecule has 1 nitrogen and oxygen atoms in total. The summed E-state index contributed by atoms with van der Waals surface area (Å²) in [6.07, 6.45) is -4.69. The zero-order chi connectivity index (χ0) is 17.4. The molecular formula is C14H7Cl2F5OS. The van der Waals surface area contributed by atoms with E-state index in [2.05, 4.69) is 0 Å². The van der Waals surface area contributed by atoms with Crippen molar-refractivity contribution in [3.8, 4) is 11.1 Å². The van der Waals surface area contributed by atoms with Gasteiger partial charge < -0.3 is 0 Å². The lowest BCUT2D eigenvalue weighted by molar-refractivity contribution is -0.105. The van der Waals surface area contributed by atoms with Gasteiger partial charge in [0.1, 0.15) is 17.4 Å². The van der Waals surface area contributed by atoms with Gasteiger partial charge in [-0.1, -0.05) is 23.2 Å². The summed E-state index contributed by atoms with van der Waals surface area (Å²) < 4.78 is 76.7. The summed E-state index contributed by atoms with van der Waals surface area (Å²) >= 11 is 11.3. The lowest BCUT2D eigenvalue weighted by atomic mass is 10.0. The minimum absolute atomic E-state index is 0.0708. The molecule has 0 radical (unpaired) electrons. The SMILES string of the molecule is O=[S@@](CC(F)(F)F)c1cc(-c2ccc(Cl)cc2F)c(F)cc1Cl. The van der Waals surface area contributed by atoms with Crippen molar-refractivity contribution < 1.29 is 26.2 Å². The van der Waals surface area contributed by atoms with Gasteiger partial charge in [-0.3, -0.25) is 4.21 Å². The molecule has 0 N–H and O–H groups in total. The van der Waals surface area contributed by atoms with Gasteiger partial charge in [0.2, 0.25) is 0 Å². The Labute approximate surface area is 140 Å². The highest BCUT2D eigenvalue weighted by Gasteiger charge is 2.32. The number of alkyl halides is 3. The molecule has 0 aliphatic rings. The van der Waals surface area contributed by atoms with Gasteiger partial charge in [-0.25, -0.2) is 8.78 Å². The smallest absolute Gasteiger partial charge is 0.254 e. The van der Waals surface area contributed by atoms with Crippen LogP contribution >= 0.6 is 23.2 Å². The van der Waals surface area contributed by atoms with Crippen LogP contribution in [0.2, 0.25) is 10.0 Å². The van der Waals surface area contributed by atoms with Crippen LogP contribution < -0.4 is 0 Å². The Hall–Kier alpha value is -1.18. The summed E-state index contributed by atoms with van der Waals surface area (Å²) in [6.45, 7) is 0. The average molecular weight is 389 g/mol. The van der Waals surface area contributed by atoms with Crippen LogP contribution in [0.15, 0.2) is 35.2 Å².